The van der Waals surface area contributed by atoms with Crippen molar-refractivity contribution in [3.8, 4) is 5.75 Å². The zero-order valence-electron chi connectivity index (χ0n) is 9.73. The molecule has 0 N–H and O–H groups in total. The largest absolute Gasteiger partial charge is 0.487 e. The second-order valence-electron chi connectivity index (χ2n) is 3.44. The summed E-state index contributed by atoms with van der Waals surface area (Å²) in [5.41, 5.74) is 1.15. The molecule has 0 saturated carbocycles. The molecular formula is C13H17O3. The molecule has 0 saturated heterocycles. The van der Waals surface area contributed by atoms with Gasteiger partial charge in [-0.2, -0.15) is 0 Å². The van der Waals surface area contributed by atoms with Crippen LogP contribution in [-0.2, 0) is 9.53 Å². The van der Waals surface area contributed by atoms with E-state index < -0.39 is 0 Å². The van der Waals surface area contributed by atoms with Crippen molar-refractivity contribution in [1.29, 1.82) is 0 Å². The van der Waals surface area contributed by atoms with E-state index in [2.05, 4.69) is 0 Å². The summed E-state index contributed by atoms with van der Waals surface area (Å²) in [7, 11) is 0. The lowest BCUT2D eigenvalue weighted by atomic mass is 10.2. The van der Waals surface area contributed by atoms with Crippen molar-refractivity contribution in [2.24, 2.45) is 0 Å². The summed E-state index contributed by atoms with van der Waals surface area (Å²) in [6.45, 7) is 5.86. The lowest BCUT2D eigenvalue weighted by molar-refractivity contribution is -0.143. The Labute approximate surface area is 96.4 Å². The SMILES string of the molecule is CCOC(=O)CC[CH]Oc1cccc(C)c1. The second-order valence-corrected chi connectivity index (χ2v) is 3.44. The van der Waals surface area contributed by atoms with Crippen LogP contribution in [0.5, 0.6) is 5.75 Å². The molecule has 87 valence electrons. The van der Waals surface area contributed by atoms with Gasteiger partial charge in [0.1, 0.15) is 12.4 Å². The first-order valence-electron chi connectivity index (χ1n) is 5.43. The van der Waals surface area contributed by atoms with E-state index in [1.54, 1.807) is 13.5 Å². The van der Waals surface area contributed by atoms with Crippen LogP contribution in [-0.4, -0.2) is 12.6 Å². The summed E-state index contributed by atoms with van der Waals surface area (Å²) >= 11 is 0. The van der Waals surface area contributed by atoms with E-state index in [1.165, 1.54) is 0 Å². The maximum absolute atomic E-state index is 11.0. The highest BCUT2D eigenvalue weighted by molar-refractivity contribution is 5.69. The third-order valence-corrected chi connectivity index (χ3v) is 1.98. The number of hydrogen-bond acceptors (Lipinski definition) is 3. The zero-order chi connectivity index (χ0) is 11.8. The van der Waals surface area contributed by atoms with Crippen LogP contribution in [0.1, 0.15) is 25.3 Å². The Morgan fingerprint density at radius 2 is 2.25 bits per heavy atom. The van der Waals surface area contributed by atoms with Crippen LogP contribution in [0.2, 0.25) is 0 Å². The van der Waals surface area contributed by atoms with Crippen molar-refractivity contribution in [3.05, 3.63) is 36.4 Å². The third kappa shape index (κ3) is 4.82. The van der Waals surface area contributed by atoms with Gasteiger partial charge >= 0.3 is 5.97 Å². The molecule has 0 aliphatic heterocycles. The molecule has 1 rings (SSSR count). The molecule has 16 heavy (non-hydrogen) atoms. The van der Waals surface area contributed by atoms with E-state index >= 15 is 0 Å². The van der Waals surface area contributed by atoms with Gasteiger partial charge in [0.25, 0.3) is 0 Å². The smallest absolute Gasteiger partial charge is 0.305 e. The highest BCUT2D eigenvalue weighted by atomic mass is 16.5. The molecule has 0 aliphatic rings. The standard InChI is InChI=1S/C13H17O3/c1-3-15-13(14)8-5-9-16-12-7-4-6-11(2)10-12/h4,6-7,9-10H,3,5,8H2,1-2H3. The molecule has 0 unspecified atom stereocenters. The first-order chi connectivity index (χ1) is 7.72. The van der Waals surface area contributed by atoms with Gasteiger partial charge in [0, 0.05) is 6.42 Å². The van der Waals surface area contributed by atoms with Crippen LogP contribution in [0.4, 0.5) is 0 Å². The van der Waals surface area contributed by atoms with Crippen LogP contribution in [0.15, 0.2) is 24.3 Å². The average Bonchev–Trinajstić information content (AvgIpc) is 2.25. The predicted octanol–water partition coefficient (Wildman–Crippen LogP) is 2.88. The molecule has 3 nitrogen and oxygen atoms in total. The van der Waals surface area contributed by atoms with E-state index in [-0.39, 0.29) is 5.97 Å². The molecule has 0 amide bonds. The summed E-state index contributed by atoms with van der Waals surface area (Å²) in [5, 5.41) is 0. The molecular weight excluding hydrogens is 204 g/mol. The lowest BCUT2D eigenvalue weighted by Gasteiger charge is -2.05. The van der Waals surface area contributed by atoms with Gasteiger partial charge in [-0.15, -0.1) is 0 Å². The number of hydrogen-bond donors (Lipinski definition) is 0. The first-order valence-corrected chi connectivity index (χ1v) is 5.43. The second kappa shape index (κ2) is 6.88. The van der Waals surface area contributed by atoms with Crippen LogP contribution < -0.4 is 4.74 Å². The van der Waals surface area contributed by atoms with Gasteiger partial charge in [0.05, 0.1) is 6.61 Å². The van der Waals surface area contributed by atoms with Crippen LogP contribution in [0, 0.1) is 13.5 Å². The van der Waals surface area contributed by atoms with Crippen molar-refractivity contribution in [1.82, 2.24) is 0 Å². The number of esters is 1. The van der Waals surface area contributed by atoms with Gasteiger partial charge in [0.2, 0.25) is 0 Å². The van der Waals surface area contributed by atoms with Gasteiger partial charge in [-0.1, -0.05) is 12.1 Å². The molecule has 1 aromatic rings. The maximum atomic E-state index is 11.0. The minimum atomic E-state index is -0.188. The third-order valence-electron chi connectivity index (χ3n) is 1.98. The molecule has 0 spiro atoms. The Morgan fingerprint density at radius 1 is 1.44 bits per heavy atom. The Bertz CT molecular complexity index is 334. The number of carbonyl (C=O) groups is 1. The average molecular weight is 221 g/mol. The molecule has 0 fully saturated rings. The topological polar surface area (TPSA) is 35.5 Å². The monoisotopic (exact) mass is 221 g/mol. The summed E-state index contributed by atoms with van der Waals surface area (Å²) in [6.07, 6.45) is 0.923. The fraction of sp³-hybridized carbons (Fsp3) is 0.385. The zero-order valence-corrected chi connectivity index (χ0v) is 9.73. The van der Waals surface area contributed by atoms with E-state index in [0.29, 0.717) is 19.4 Å². The van der Waals surface area contributed by atoms with Crippen LogP contribution in [0.25, 0.3) is 0 Å². The quantitative estimate of drug-likeness (QED) is 0.547. The summed E-state index contributed by atoms with van der Waals surface area (Å²) < 4.78 is 10.2. The van der Waals surface area contributed by atoms with Gasteiger partial charge < -0.3 is 9.47 Å². The Kier molecular flexibility index (Phi) is 5.40. The van der Waals surface area contributed by atoms with Gasteiger partial charge in [-0.05, 0) is 38.0 Å². The minimum Gasteiger partial charge on any atom is -0.487 e. The van der Waals surface area contributed by atoms with Gasteiger partial charge in [-0.25, -0.2) is 0 Å². The van der Waals surface area contributed by atoms with Crippen molar-refractivity contribution in [2.45, 2.75) is 26.7 Å². The molecule has 1 radical (unpaired) electrons. The first kappa shape index (κ1) is 12.6. The number of aryl methyl sites for hydroxylation is 1. The van der Waals surface area contributed by atoms with E-state index in [1.807, 2.05) is 31.2 Å². The van der Waals surface area contributed by atoms with Crippen molar-refractivity contribution in [3.63, 3.8) is 0 Å². The molecule has 0 aromatic heterocycles. The number of rotatable bonds is 6. The predicted molar refractivity (Wildman–Crippen MR) is 62.0 cm³/mol. The molecule has 0 aliphatic carbocycles. The molecule has 0 heterocycles. The Balaban J connectivity index is 2.18. The number of carbonyl (C=O) groups excluding carboxylic acids is 1. The lowest BCUT2D eigenvalue weighted by Crippen LogP contribution is -2.04. The highest BCUT2D eigenvalue weighted by Gasteiger charge is 2.01. The van der Waals surface area contributed by atoms with E-state index in [9.17, 15) is 4.79 Å². The summed E-state index contributed by atoms with van der Waals surface area (Å²) in [5.74, 6) is 0.607. The maximum Gasteiger partial charge on any atom is 0.305 e. The highest BCUT2D eigenvalue weighted by Crippen LogP contribution is 2.14. The Hall–Kier alpha value is -1.51. The fourth-order valence-electron chi connectivity index (χ4n) is 1.25. The normalized spacial score (nSPS) is 9.88. The molecule has 0 bridgehead atoms. The van der Waals surface area contributed by atoms with Gasteiger partial charge in [0.15, 0.2) is 0 Å². The molecule has 3 heteroatoms. The van der Waals surface area contributed by atoms with Crippen molar-refractivity contribution < 1.29 is 14.3 Å². The van der Waals surface area contributed by atoms with E-state index in [4.69, 9.17) is 9.47 Å². The van der Waals surface area contributed by atoms with Crippen molar-refractivity contribution in [2.75, 3.05) is 6.61 Å². The van der Waals surface area contributed by atoms with Crippen LogP contribution in [0.3, 0.4) is 0 Å². The summed E-state index contributed by atoms with van der Waals surface area (Å²) in [4.78, 5) is 11.0. The number of ether oxygens (including phenoxy) is 2. The molecule has 1 aromatic carbocycles. The van der Waals surface area contributed by atoms with Crippen molar-refractivity contribution >= 4 is 5.97 Å². The minimum absolute atomic E-state index is 0.188. The fourth-order valence-corrected chi connectivity index (χ4v) is 1.25. The number of benzene rings is 1. The Morgan fingerprint density at radius 3 is 2.94 bits per heavy atom. The summed E-state index contributed by atoms with van der Waals surface area (Å²) in [6, 6.07) is 7.77. The van der Waals surface area contributed by atoms with E-state index in [0.717, 1.165) is 11.3 Å². The van der Waals surface area contributed by atoms with Gasteiger partial charge in [-0.3, -0.25) is 4.79 Å². The molecule has 0 atom stereocenters. The van der Waals surface area contributed by atoms with Crippen LogP contribution >= 0.6 is 0 Å².